The first kappa shape index (κ1) is 9.47. The van der Waals surface area contributed by atoms with Crippen LogP contribution in [0, 0.1) is 6.92 Å². The third-order valence-electron chi connectivity index (χ3n) is 2.35. The molecule has 0 aromatic carbocycles. The van der Waals surface area contributed by atoms with Gasteiger partial charge >= 0.3 is 0 Å². The zero-order valence-corrected chi connectivity index (χ0v) is 8.88. The maximum absolute atomic E-state index is 6.02. The molecule has 0 fully saturated rings. The van der Waals surface area contributed by atoms with E-state index in [1.165, 1.54) is 5.57 Å². The van der Waals surface area contributed by atoms with Crippen LogP contribution in [0.15, 0.2) is 30.5 Å². The van der Waals surface area contributed by atoms with Crippen molar-refractivity contribution in [2.24, 2.45) is 0 Å². The van der Waals surface area contributed by atoms with Crippen molar-refractivity contribution in [2.75, 3.05) is 0 Å². The van der Waals surface area contributed by atoms with Gasteiger partial charge in [0.05, 0.1) is 10.7 Å². The van der Waals surface area contributed by atoms with E-state index in [4.69, 9.17) is 11.6 Å². The Bertz CT molecular complexity index is 405. The van der Waals surface area contributed by atoms with Crippen LogP contribution in [-0.2, 0) is 0 Å². The van der Waals surface area contributed by atoms with E-state index in [0.717, 1.165) is 29.1 Å². The maximum atomic E-state index is 6.02. The third-order valence-corrected chi connectivity index (χ3v) is 2.74. The molecule has 0 bridgehead atoms. The molecule has 0 amide bonds. The van der Waals surface area contributed by atoms with E-state index >= 15 is 0 Å². The minimum absolute atomic E-state index is 0.738. The number of aryl methyl sites for hydroxylation is 1. The molecule has 14 heavy (non-hydrogen) atoms. The first-order valence-electron chi connectivity index (χ1n) is 4.76. The molecule has 1 heterocycles. The van der Waals surface area contributed by atoms with Gasteiger partial charge in [0.2, 0.25) is 0 Å². The van der Waals surface area contributed by atoms with Crippen molar-refractivity contribution in [2.45, 2.75) is 19.8 Å². The molecule has 0 radical (unpaired) electrons. The minimum atomic E-state index is 0.738. The van der Waals surface area contributed by atoms with Crippen LogP contribution in [-0.4, -0.2) is 4.98 Å². The van der Waals surface area contributed by atoms with Crippen LogP contribution in [0.3, 0.4) is 0 Å². The summed E-state index contributed by atoms with van der Waals surface area (Å²) in [6.07, 6.45) is 10.7. The zero-order valence-electron chi connectivity index (χ0n) is 8.13. The van der Waals surface area contributed by atoms with Crippen molar-refractivity contribution < 1.29 is 0 Å². The fourth-order valence-corrected chi connectivity index (χ4v) is 1.66. The first-order chi connectivity index (χ1) is 6.77. The van der Waals surface area contributed by atoms with Crippen molar-refractivity contribution in [3.8, 4) is 0 Å². The fourth-order valence-electron chi connectivity index (χ4n) is 1.49. The van der Waals surface area contributed by atoms with E-state index in [9.17, 15) is 0 Å². The van der Waals surface area contributed by atoms with Gasteiger partial charge in [-0.2, -0.15) is 0 Å². The molecule has 1 aliphatic rings. The lowest BCUT2D eigenvalue weighted by molar-refractivity contribution is 1.04. The van der Waals surface area contributed by atoms with E-state index in [1.807, 2.05) is 19.2 Å². The molecule has 2 rings (SSSR count). The molecule has 0 atom stereocenters. The van der Waals surface area contributed by atoms with E-state index in [2.05, 4.69) is 23.2 Å². The number of pyridine rings is 1. The Morgan fingerprint density at radius 3 is 2.86 bits per heavy atom. The maximum Gasteiger partial charge on any atom is 0.0624 e. The lowest BCUT2D eigenvalue weighted by Crippen LogP contribution is -1.89. The Labute approximate surface area is 89.1 Å². The third kappa shape index (κ3) is 1.88. The molecule has 0 saturated carbocycles. The second-order valence-corrected chi connectivity index (χ2v) is 3.84. The zero-order chi connectivity index (χ0) is 9.97. The van der Waals surface area contributed by atoms with Gasteiger partial charge in [-0.3, -0.25) is 4.98 Å². The van der Waals surface area contributed by atoms with Crippen molar-refractivity contribution in [1.29, 1.82) is 0 Å². The van der Waals surface area contributed by atoms with Gasteiger partial charge < -0.3 is 0 Å². The summed E-state index contributed by atoms with van der Waals surface area (Å²) in [7, 11) is 0. The normalized spacial score (nSPS) is 15.4. The number of hydrogen-bond donors (Lipinski definition) is 0. The molecule has 0 N–H and O–H groups in total. The summed E-state index contributed by atoms with van der Waals surface area (Å²) < 4.78 is 0. The highest BCUT2D eigenvalue weighted by molar-refractivity contribution is 6.31. The summed E-state index contributed by atoms with van der Waals surface area (Å²) in [5.74, 6) is 0. The summed E-state index contributed by atoms with van der Waals surface area (Å²) in [6, 6.07) is 1.98. The summed E-state index contributed by atoms with van der Waals surface area (Å²) in [5.41, 5.74) is 3.22. The molecule has 0 saturated heterocycles. The molecule has 0 aliphatic heterocycles. The van der Waals surface area contributed by atoms with Crippen LogP contribution in [0.2, 0.25) is 5.02 Å². The molecule has 0 spiro atoms. The second kappa shape index (κ2) is 3.97. The van der Waals surface area contributed by atoms with Crippen molar-refractivity contribution >= 4 is 17.2 Å². The molecule has 72 valence electrons. The predicted molar refractivity (Wildman–Crippen MR) is 60.3 cm³/mol. The molecule has 1 aromatic rings. The van der Waals surface area contributed by atoms with Gasteiger partial charge in [0.1, 0.15) is 0 Å². The second-order valence-electron chi connectivity index (χ2n) is 3.43. The van der Waals surface area contributed by atoms with Crippen LogP contribution in [0.4, 0.5) is 0 Å². The van der Waals surface area contributed by atoms with Crippen molar-refractivity contribution in [3.05, 3.63) is 46.8 Å². The van der Waals surface area contributed by atoms with Crippen LogP contribution in [0.5, 0.6) is 0 Å². The van der Waals surface area contributed by atoms with Gasteiger partial charge in [0.25, 0.3) is 0 Å². The number of aromatic nitrogens is 1. The molecular weight excluding hydrogens is 194 g/mol. The van der Waals surface area contributed by atoms with Crippen molar-refractivity contribution in [1.82, 2.24) is 4.98 Å². The first-order valence-corrected chi connectivity index (χ1v) is 5.14. The SMILES string of the molecule is Cc1ncc(C2=CCCC=C2)cc1Cl. The van der Waals surface area contributed by atoms with Crippen LogP contribution in [0.1, 0.15) is 24.1 Å². The number of hydrogen-bond acceptors (Lipinski definition) is 1. The van der Waals surface area contributed by atoms with Gasteiger partial charge in [0, 0.05) is 11.8 Å². The average molecular weight is 206 g/mol. The monoisotopic (exact) mass is 205 g/mol. The highest BCUT2D eigenvalue weighted by Crippen LogP contribution is 2.24. The van der Waals surface area contributed by atoms with Gasteiger partial charge in [-0.05, 0) is 31.4 Å². The van der Waals surface area contributed by atoms with Gasteiger partial charge in [-0.1, -0.05) is 29.8 Å². The standard InChI is InChI=1S/C12H12ClN/c1-9-12(13)7-11(8-14-9)10-5-3-2-4-6-10/h3,5-8H,2,4H2,1H3. The molecule has 1 aromatic heterocycles. The quantitative estimate of drug-likeness (QED) is 0.680. The van der Waals surface area contributed by atoms with Crippen LogP contribution in [0.25, 0.3) is 5.57 Å². The van der Waals surface area contributed by atoms with Gasteiger partial charge in [0.15, 0.2) is 0 Å². The Morgan fingerprint density at radius 2 is 2.21 bits per heavy atom. The van der Waals surface area contributed by atoms with E-state index in [-0.39, 0.29) is 0 Å². The molecule has 0 unspecified atom stereocenters. The lowest BCUT2D eigenvalue weighted by Gasteiger charge is -2.07. The van der Waals surface area contributed by atoms with Gasteiger partial charge in [-0.25, -0.2) is 0 Å². The molecular formula is C12H12ClN. The lowest BCUT2D eigenvalue weighted by atomic mass is 10.0. The van der Waals surface area contributed by atoms with Crippen molar-refractivity contribution in [3.63, 3.8) is 0 Å². The number of rotatable bonds is 1. The number of halogens is 1. The Balaban J connectivity index is 2.37. The summed E-state index contributed by atoms with van der Waals surface area (Å²) in [5, 5.41) is 0.738. The molecule has 1 aliphatic carbocycles. The summed E-state index contributed by atoms with van der Waals surface area (Å²) >= 11 is 6.02. The van der Waals surface area contributed by atoms with Crippen LogP contribution < -0.4 is 0 Å². The highest BCUT2D eigenvalue weighted by Gasteiger charge is 2.03. The predicted octanol–water partition coefficient (Wildman–Crippen LogP) is 3.78. The Kier molecular flexibility index (Phi) is 2.69. The van der Waals surface area contributed by atoms with E-state index in [1.54, 1.807) is 0 Å². The largest absolute Gasteiger partial charge is 0.259 e. The number of nitrogens with zero attached hydrogens (tertiary/aromatic N) is 1. The summed E-state index contributed by atoms with van der Waals surface area (Å²) in [4.78, 5) is 4.25. The van der Waals surface area contributed by atoms with E-state index < -0.39 is 0 Å². The number of allylic oxidation sites excluding steroid dienone is 4. The smallest absolute Gasteiger partial charge is 0.0624 e. The fraction of sp³-hybridized carbons (Fsp3) is 0.250. The van der Waals surface area contributed by atoms with E-state index in [0.29, 0.717) is 0 Å². The highest BCUT2D eigenvalue weighted by atomic mass is 35.5. The Morgan fingerprint density at radius 1 is 1.36 bits per heavy atom. The molecule has 1 nitrogen and oxygen atoms in total. The molecule has 2 heteroatoms. The average Bonchev–Trinajstić information content (AvgIpc) is 2.23. The van der Waals surface area contributed by atoms with Gasteiger partial charge in [-0.15, -0.1) is 0 Å². The Hall–Kier alpha value is -1.08. The topological polar surface area (TPSA) is 12.9 Å². The minimum Gasteiger partial charge on any atom is -0.259 e. The summed E-state index contributed by atoms with van der Waals surface area (Å²) in [6.45, 7) is 1.91. The van der Waals surface area contributed by atoms with Crippen LogP contribution >= 0.6 is 11.6 Å².